The van der Waals surface area contributed by atoms with E-state index in [1.165, 1.54) is 43.6 Å². The number of piperidine rings is 1. The molecule has 1 aromatic heterocycles. The van der Waals surface area contributed by atoms with Gasteiger partial charge in [0, 0.05) is 5.69 Å². The number of hydrogen-bond donors (Lipinski definition) is 2. The lowest BCUT2D eigenvalue weighted by atomic mass is 9.92. The largest absolute Gasteiger partial charge is 0.317 e. The van der Waals surface area contributed by atoms with E-state index in [2.05, 4.69) is 22.4 Å². The number of aromatic amines is 1. The van der Waals surface area contributed by atoms with Crippen LogP contribution < -0.4 is 5.32 Å². The molecule has 1 aromatic rings. The van der Waals surface area contributed by atoms with Gasteiger partial charge in [0.05, 0.1) is 6.20 Å². The lowest BCUT2D eigenvalue weighted by Crippen LogP contribution is -2.28. The van der Waals surface area contributed by atoms with Crippen LogP contribution in [0.2, 0.25) is 0 Å². The first-order valence-corrected chi connectivity index (χ1v) is 5.62. The fourth-order valence-electron chi connectivity index (χ4n) is 2.19. The summed E-state index contributed by atoms with van der Waals surface area (Å²) >= 11 is 0. The van der Waals surface area contributed by atoms with Crippen LogP contribution in [0.5, 0.6) is 0 Å². The molecule has 0 aromatic carbocycles. The molecule has 0 unspecified atom stereocenters. The summed E-state index contributed by atoms with van der Waals surface area (Å²) in [7, 11) is 0. The van der Waals surface area contributed by atoms with E-state index in [-0.39, 0.29) is 0 Å². The van der Waals surface area contributed by atoms with Gasteiger partial charge in [-0.2, -0.15) is 5.10 Å². The molecule has 1 aliphatic rings. The van der Waals surface area contributed by atoms with Crippen molar-refractivity contribution in [3.05, 3.63) is 17.5 Å². The molecule has 3 nitrogen and oxygen atoms in total. The third-order valence-electron chi connectivity index (χ3n) is 3.14. The lowest BCUT2D eigenvalue weighted by Gasteiger charge is -2.22. The van der Waals surface area contributed by atoms with Gasteiger partial charge in [-0.15, -0.1) is 0 Å². The second-order valence-corrected chi connectivity index (χ2v) is 4.12. The molecule has 0 aliphatic carbocycles. The van der Waals surface area contributed by atoms with Gasteiger partial charge in [0.15, 0.2) is 0 Å². The van der Waals surface area contributed by atoms with E-state index >= 15 is 0 Å². The number of aromatic nitrogens is 2. The third-order valence-corrected chi connectivity index (χ3v) is 3.14. The van der Waals surface area contributed by atoms with Crippen molar-refractivity contribution in [2.24, 2.45) is 5.92 Å². The van der Waals surface area contributed by atoms with E-state index in [9.17, 15) is 0 Å². The maximum atomic E-state index is 4.12. The SMILES string of the molecule is CCc1cn[nH]c1CC1CCNCC1. The van der Waals surface area contributed by atoms with Gasteiger partial charge in [-0.25, -0.2) is 0 Å². The van der Waals surface area contributed by atoms with Crippen molar-refractivity contribution >= 4 is 0 Å². The van der Waals surface area contributed by atoms with E-state index in [1.54, 1.807) is 0 Å². The van der Waals surface area contributed by atoms with E-state index in [4.69, 9.17) is 0 Å². The molecule has 2 N–H and O–H groups in total. The van der Waals surface area contributed by atoms with E-state index in [0.717, 1.165) is 12.3 Å². The summed E-state index contributed by atoms with van der Waals surface area (Å²) in [5.74, 6) is 0.849. The molecule has 1 fully saturated rings. The fraction of sp³-hybridized carbons (Fsp3) is 0.727. The van der Waals surface area contributed by atoms with Crippen LogP contribution >= 0.6 is 0 Å². The monoisotopic (exact) mass is 193 g/mol. The van der Waals surface area contributed by atoms with Gasteiger partial charge in [0.1, 0.15) is 0 Å². The molecule has 78 valence electrons. The Morgan fingerprint density at radius 3 is 2.93 bits per heavy atom. The topological polar surface area (TPSA) is 40.7 Å². The molecule has 0 saturated carbocycles. The minimum Gasteiger partial charge on any atom is -0.317 e. The Kier molecular flexibility index (Phi) is 3.19. The fourth-order valence-corrected chi connectivity index (χ4v) is 2.19. The first-order valence-electron chi connectivity index (χ1n) is 5.62. The minimum absolute atomic E-state index is 0.849. The van der Waals surface area contributed by atoms with Crippen molar-refractivity contribution < 1.29 is 0 Å². The molecular formula is C11H19N3. The summed E-state index contributed by atoms with van der Waals surface area (Å²) in [4.78, 5) is 0. The predicted molar refractivity (Wildman–Crippen MR) is 57.3 cm³/mol. The highest BCUT2D eigenvalue weighted by Gasteiger charge is 2.15. The molecule has 0 atom stereocenters. The summed E-state index contributed by atoms with van der Waals surface area (Å²) in [6, 6.07) is 0. The Balaban J connectivity index is 1.95. The number of nitrogens with one attached hydrogen (secondary N) is 2. The average molecular weight is 193 g/mol. The van der Waals surface area contributed by atoms with Crippen LogP contribution in [0.4, 0.5) is 0 Å². The zero-order chi connectivity index (χ0) is 9.80. The number of aryl methyl sites for hydroxylation is 1. The van der Waals surface area contributed by atoms with Gasteiger partial charge in [-0.3, -0.25) is 5.10 Å². The summed E-state index contributed by atoms with van der Waals surface area (Å²) in [6.45, 7) is 4.55. The smallest absolute Gasteiger partial charge is 0.0522 e. The van der Waals surface area contributed by atoms with Crippen molar-refractivity contribution in [1.29, 1.82) is 0 Å². The van der Waals surface area contributed by atoms with E-state index in [1.807, 2.05) is 6.20 Å². The lowest BCUT2D eigenvalue weighted by molar-refractivity contribution is 0.369. The van der Waals surface area contributed by atoms with Gasteiger partial charge >= 0.3 is 0 Å². The third kappa shape index (κ3) is 2.15. The number of rotatable bonds is 3. The Hall–Kier alpha value is -0.830. The Morgan fingerprint density at radius 1 is 1.43 bits per heavy atom. The summed E-state index contributed by atoms with van der Waals surface area (Å²) < 4.78 is 0. The van der Waals surface area contributed by atoms with Crippen molar-refractivity contribution in [1.82, 2.24) is 15.5 Å². The highest BCUT2D eigenvalue weighted by Crippen LogP contribution is 2.18. The molecule has 3 heteroatoms. The number of H-pyrrole nitrogens is 1. The normalized spacial score (nSPS) is 18.6. The van der Waals surface area contributed by atoms with Gasteiger partial charge in [0.25, 0.3) is 0 Å². The molecule has 0 spiro atoms. The highest BCUT2D eigenvalue weighted by molar-refractivity contribution is 5.16. The summed E-state index contributed by atoms with van der Waals surface area (Å²) in [5, 5.41) is 10.6. The van der Waals surface area contributed by atoms with Crippen LogP contribution in [0.25, 0.3) is 0 Å². The van der Waals surface area contributed by atoms with Crippen LogP contribution in [-0.4, -0.2) is 23.3 Å². The minimum atomic E-state index is 0.849. The van der Waals surface area contributed by atoms with Crippen LogP contribution in [0.1, 0.15) is 31.0 Å². The molecule has 2 heterocycles. The molecule has 2 rings (SSSR count). The van der Waals surface area contributed by atoms with Gasteiger partial charge < -0.3 is 5.32 Å². The maximum absolute atomic E-state index is 4.12. The molecule has 1 aliphatic heterocycles. The van der Waals surface area contributed by atoms with Crippen molar-refractivity contribution in [2.45, 2.75) is 32.6 Å². The molecular weight excluding hydrogens is 174 g/mol. The van der Waals surface area contributed by atoms with Crippen molar-refractivity contribution in [3.63, 3.8) is 0 Å². The van der Waals surface area contributed by atoms with Crippen LogP contribution in [0.3, 0.4) is 0 Å². The Morgan fingerprint density at radius 2 is 2.21 bits per heavy atom. The second-order valence-electron chi connectivity index (χ2n) is 4.12. The molecule has 0 bridgehead atoms. The Bertz CT molecular complexity index is 274. The quantitative estimate of drug-likeness (QED) is 0.764. The van der Waals surface area contributed by atoms with Crippen LogP contribution in [0, 0.1) is 5.92 Å². The highest BCUT2D eigenvalue weighted by atomic mass is 15.1. The molecule has 0 radical (unpaired) electrons. The number of nitrogens with zero attached hydrogens (tertiary/aromatic N) is 1. The van der Waals surface area contributed by atoms with Crippen LogP contribution in [0.15, 0.2) is 6.20 Å². The predicted octanol–water partition coefficient (Wildman–Crippen LogP) is 1.51. The second kappa shape index (κ2) is 4.60. The zero-order valence-electron chi connectivity index (χ0n) is 8.84. The molecule has 1 saturated heterocycles. The Labute approximate surface area is 85.3 Å². The zero-order valence-corrected chi connectivity index (χ0v) is 8.84. The molecule has 0 amide bonds. The molecule has 14 heavy (non-hydrogen) atoms. The first kappa shape index (κ1) is 9.71. The summed E-state index contributed by atoms with van der Waals surface area (Å²) in [6.07, 6.45) is 6.86. The maximum Gasteiger partial charge on any atom is 0.0522 e. The van der Waals surface area contributed by atoms with E-state index < -0.39 is 0 Å². The van der Waals surface area contributed by atoms with Crippen LogP contribution in [-0.2, 0) is 12.8 Å². The van der Waals surface area contributed by atoms with Crippen molar-refractivity contribution in [2.75, 3.05) is 13.1 Å². The summed E-state index contributed by atoms with van der Waals surface area (Å²) in [5.41, 5.74) is 2.75. The van der Waals surface area contributed by atoms with Crippen molar-refractivity contribution in [3.8, 4) is 0 Å². The van der Waals surface area contributed by atoms with Gasteiger partial charge in [-0.1, -0.05) is 6.92 Å². The standard InChI is InChI=1S/C11H19N3/c1-2-10-8-13-14-11(10)7-9-3-5-12-6-4-9/h8-9,12H,2-7H2,1H3,(H,13,14). The average Bonchev–Trinajstić information content (AvgIpc) is 2.67. The van der Waals surface area contributed by atoms with Gasteiger partial charge in [0.2, 0.25) is 0 Å². The van der Waals surface area contributed by atoms with Gasteiger partial charge in [-0.05, 0) is 50.3 Å². The number of hydrogen-bond acceptors (Lipinski definition) is 2. The van der Waals surface area contributed by atoms with E-state index in [0.29, 0.717) is 0 Å². The first-order chi connectivity index (χ1) is 6.90.